The van der Waals surface area contributed by atoms with Gasteiger partial charge in [0.25, 0.3) is 0 Å². The van der Waals surface area contributed by atoms with E-state index in [1.807, 2.05) is 45.9 Å². The molecular weight excluding hydrogens is 266 g/mol. The number of aliphatic carboxylic acids is 1. The molecule has 4 nitrogen and oxygen atoms in total. The predicted molar refractivity (Wildman–Crippen MR) is 84.6 cm³/mol. The van der Waals surface area contributed by atoms with E-state index in [1.54, 1.807) is 4.90 Å². The molecule has 1 N–H and O–H groups in total. The van der Waals surface area contributed by atoms with Gasteiger partial charge in [0.2, 0.25) is 5.91 Å². The minimum absolute atomic E-state index is 0.0265. The first kappa shape index (κ1) is 17.2. The van der Waals surface area contributed by atoms with Gasteiger partial charge in [-0.1, -0.05) is 32.0 Å². The van der Waals surface area contributed by atoms with Crippen molar-refractivity contribution in [3.05, 3.63) is 29.3 Å². The van der Waals surface area contributed by atoms with E-state index < -0.39 is 5.97 Å². The Bertz CT molecular complexity index is 487. The highest BCUT2D eigenvalue weighted by molar-refractivity contribution is 5.96. The van der Waals surface area contributed by atoms with Gasteiger partial charge < -0.3 is 10.0 Å². The molecule has 1 amide bonds. The van der Waals surface area contributed by atoms with E-state index in [0.717, 1.165) is 29.7 Å². The highest BCUT2D eigenvalue weighted by atomic mass is 16.4. The summed E-state index contributed by atoms with van der Waals surface area (Å²) in [4.78, 5) is 25.3. The van der Waals surface area contributed by atoms with Crippen LogP contribution in [-0.2, 0) is 9.59 Å². The number of para-hydroxylation sites is 1. The maximum absolute atomic E-state index is 12.8. The number of carbonyl (C=O) groups is 2. The van der Waals surface area contributed by atoms with Crippen LogP contribution in [-0.4, -0.2) is 23.5 Å². The Labute approximate surface area is 126 Å². The summed E-state index contributed by atoms with van der Waals surface area (Å²) in [6.07, 6.45) is 1.49. The largest absolute Gasteiger partial charge is 0.481 e. The quantitative estimate of drug-likeness (QED) is 0.836. The van der Waals surface area contributed by atoms with Crippen LogP contribution < -0.4 is 4.90 Å². The molecule has 0 bridgehead atoms. The Balaban J connectivity index is 3.18. The second-order valence-corrected chi connectivity index (χ2v) is 5.39. The number of amides is 1. The Kier molecular flexibility index (Phi) is 6.40. The third-order valence-corrected chi connectivity index (χ3v) is 3.86. The molecular formula is C17H25NO3. The number of benzene rings is 1. The van der Waals surface area contributed by atoms with E-state index in [1.165, 1.54) is 0 Å². The first-order chi connectivity index (χ1) is 9.92. The van der Waals surface area contributed by atoms with Gasteiger partial charge >= 0.3 is 5.97 Å². The lowest BCUT2D eigenvalue weighted by molar-refractivity contribution is -0.136. The summed E-state index contributed by atoms with van der Waals surface area (Å²) in [5.74, 6) is -0.917. The number of hydrogen-bond donors (Lipinski definition) is 1. The summed E-state index contributed by atoms with van der Waals surface area (Å²) in [5, 5.41) is 8.94. The number of carboxylic acids is 1. The van der Waals surface area contributed by atoms with Crippen LogP contribution in [0.4, 0.5) is 5.69 Å². The molecule has 1 aromatic carbocycles. The number of aryl methyl sites for hydroxylation is 2. The van der Waals surface area contributed by atoms with Crippen molar-refractivity contribution in [3.8, 4) is 0 Å². The normalized spacial score (nSPS) is 10.7. The minimum atomic E-state index is -0.886. The van der Waals surface area contributed by atoms with E-state index in [9.17, 15) is 9.59 Å². The highest BCUT2D eigenvalue weighted by Crippen LogP contribution is 2.27. The van der Waals surface area contributed by atoms with Gasteiger partial charge in [-0.05, 0) is 37.8 Å². The maximum atomic E-state index is 12.8. The summed E-state index contributed by atoms with van der Waals surface area (Å²) in [6, 6.07) is 5.86. The highest BCUT2D eigenvalue weighted by Gasteiger charge is 2.25. The van der Waals surface area contributed by atoms with Crippen LogP contribution in [0.3, 0.4) is 0 Å². The monoisotopic (exact) mass is 291 g/mol. The Morgan fingerprint density at radius 2 is 1.67 bits per heavy atom. The Hall–Kier alpha value is -1.84. The molecule has 0 spiro atoms. The molecule has 0 aliphatic heterocycles. The summed E-state index contributed by atoms with van der Waals surface area (Å²) in [5.41, 5.74) is 2.86. The molecule has 0 saturated carbocycles. The number of anilines is 1. The molecule has 0 saturated heterocycles. The molecule has 0 fully saturated rings. The summed E-state index contributed by atoms with van der Waals surface area (Å²) >= 11 is 0. The summed E-state index contributed by atoms with van der Waals surface area (Å²) < 4.78 is 0. The van der Waals surface area contributed by atoms with Crippen LogP contribution in [0.15, 0.2) is 18.2 Å². The van der Waals surface area contributed by atoms with Crippen LogP contribution >= 0.6 is 0 Å². The first-order valence-corrected chi connectivity index (χ1v) is 7.51. The molecule has 0 aliphatic rings. The van der Waals surface area contributed by atoms with Crippen LogP contribution in [0.25, 0.3) is 0 Å². The zero-order valence-corrected chi connectivity index (χ0v) is 13.3. The summed E-state index contributed by atoms with van der Waals surface area (Å²) in [6.45, 7) is 8.11. The fraction of sp³-hybridized carbons (Fsp3) is 0.529. The van der Waals surface area contributed by atoms with Crippen molar-refractivity contribution in [2.45, 2.75) is 47.0 Å². The molecule has 0 aliphatic carbocycles. The van der Waals surface area contributed by atoms with Gasteiger partial charge in [0.05, 0.1) is 6.42 Å². The van der Waals surface area contributed by atoms with Gasteiger partial charge in [-0.15, -0.1) is 0 Å². The van der Waals surface area contributed by atoms with Crippen LogP contribution in [0.1, 0.15) is 44.2 Å². The number of carbonyl (C=O) groups excluding carboxylic acids is 1. The lowest BCUT2D eigenvalue weighted by Gasteiger charge is -2.29. The van der Waals surface area contributed by atoms with Crippen molar-refractivity contribution in [1.82, 2.24) is 0 Å². The lowest BCUT2D eigenvalue weighted by Crippen LogP contribution is -2.38. The number of hydrogen-bond acceptors (Lipinski definition) is 2. The number of carboxylic acid groups (broad SMARTS) is 1. The van der Waals surface area contributed by atoms with Crippen molar-refractivity contribution in [2.24, 2.45) is 5.92 Å². The molecule has 4 heteroatoms. The zero-order valence-electron chi connectivity index (χ0n) is 13.3. The third-order valence-electron chi connectivity index (χ3n) is 3.86. The standard InChI is InChI=1S/C17H25NO3/c1-5-14(6-2)17(21)18(11-10-15(19)20)16-12(3)8-7-9-13(16)4/h7-9,14H,5-6,10-11H2,1-4H3,(H,19,20). The minimum Gasteiger partial charge on any atom is -0.481 e. The second kappa shape index (κ2) is 7.81. The van der Waals surface area contributed by atoms with Gasteiger partial charge in [0.1, 0.15) is 0 Å². The van der Waals surface area contributed by atoms with Gasteiger partial charge in [-0.25, -0.2) is 0 Å². The molecule has 116 valence electrons. The predicted octanol–water partition coefficient (Wildman–Crippen LogP) is 3.55. The average Bonchev–Trinajstić information content (AvgIpc) is 2.42. The van der Waals surface area contributed by atoms with Crippen molar-refractivity contribution < 1.29 is 14.7 Å². The molecule has 0 unspecified atom stereocenters. The summed E-state index contributed by atoms with van der Waals surface area (Å²) in [7, 11) is 0. The Morgan fingerprint density at radius 3 is 2.10 bits per heavy atom. The van der Waals surface area contributed by atoms with Crippen molar-refractivity contribution in [3.63, 3.8) is 0 Å². The fourth-order valence-electron chi connectivity index (χ4n) is 2.63. The SMILES string of the molecule is CCC(CC)C(=O)N(CCC(=O)O)c1c(C)cccc1C. The van der Waals surface area contributed by atoms with Gasteiger partial charge in [-0.2, -0.15) is 0 Å². The third kappa shape index (κ3) is 4.31. The lowest BCUT2D eigenvalue weighted by atomic mass is 9.99. The van der Waals surface area contributed by atoms with Gasteiger partial charge in [0.15, 0.2) is 0 Å². The van der Waals surface area contributed by atoms with Crippen molar-refractivity contribution >= 4 is 17.6 Å². The molecule has 0 heterocycles. The van der Waals surface area contributed by atoms with Crippen molar-refractivity contribution in [1.29, 1.82) is 0 Å². The van der Waals surface area contributed by atoms with Crippen LogP contribution in [0.2, 0.25) is 0 Å². The van der Waals surface area contributed by atoms with Gasteiger partial charge in [0, 0.05) is 18.2 Å². The van der Waals surface area contributed by atoms with Gasteiger partial charge in [-0.3, -0.25) is 9.59 Å². The zero-order chi connectivity index (χ0) is 16.0. The molecule has 0 radical (unpaired) electrons. The number of rotatable bonds is 7. The van der Waals surface area contributed by atoms with Crippen LogP contribution in [0.5, 0.6) is 0 Å². The molecule has 1 rings (SSSR count). The molecule has 1 aromatic rings. The van der Waals surface area contributed by atoms with E-state index >= 15 is 0 Å². The molecule has 0 atom stereocenters. The molecule has 0 aromatic heterocycles. The number of nitrogens with zero attached hydrogens (tertiary/aromatic N) is 1. The average molecular weight is 291 g/mol. The van der Waals surface area contributed by atoms with Crippen LogP contribution in [0, 0.1) is 19.8 Å². The Morgan fingerprint density at radius 1 is 1.14 bits per heavy atom. The van der Waals surface area contributed by atoms with E-state index in [-0.39, 0.29) is 24.8 Å². The topological polar surface area (TPSA) is 57.6 Å². The smallest absolute Gasteiger partial charge is 0.305 e. The van der Waals surface area contributed by atoms with E-state index in [0.29, 0.717) is 0 Å². The second-order valence-electron chi connectivity index (χ2n) is 5.39. The van der Waals surface area contributed by atoms with E-state index in [4.69, 9.17) is 5.11 Å². The fourth-order valence-corrected chi connectivity index (χ4v) is 2.63. The molecule has 21 heavy (non-hydrogen) atoms. The van der Waals surface area contributed by atoms with E-state index in [2.05, 4.69) is 0 Å². The first-order valence-electron chi connectivity index (χ1n) is 7.51. The maximum Gasteiger partial charge on any atom is 0.305 e. The van der Waals surface area contributed by atoms with Crippen molar-refractivity contribution in [2.75, 3.05) is 11.4 Å².